The molecule has 0 radical (unpaired) electrons. The summed E-state index contributed by atoms with van der Waals surface area (Å²) in [6.07, 6.45) is 1.53. The van der Waals surface area contributed by atoms with Gasteiger partial charge < -0.3 is 10.4 Å². The van der Waals surface area contributed by atoms with E-state index in [0.29, 0.717) is 10.8 Å². The van der Waals surface area contributed by atoms with E-state index in [0.717, 1.165) is 5.56 Å². The highest BCUT2D eigenvalue weighted by atomic mass is 16.4. The van der Waals surface area contributed by atoms with Gasteiger partial charge in [0.25, 0.3) is 5.91 Å². The lowest BCUT2D eigenvalue weighted by atomic mass is 10.0. The molecular weight excluding hydrogens is 272 g/mol. The largest absolute Gasteiger partial charge is 0.480 e. The van der Waals surface area contributed by atoms with Crippen molar-refractivity contribution in [2.45, 2.75) is 19.8 Å². The van der Waals surface area contributed by atoms with Crippen LogP contribution < -0.4 is 5.32 Å². The van der Waals surface area contributed by atoms with Gasteiger partial charge >= 0.3 is 12.0 Å². The fraction of sp³-hybridized carbons (Fsp3) is 0.267. The number of rotatable bonds is 4. The second-order valence-corrected chi connectivity index (χ2v) is 5.09. The number of amides is 3. The molecular formula is C15H16N2O4. The average molecular weight is 288 g/mol. The molecule has 2 N–H and O–H groups in total. The zero-order valence-electron chi connectivity index (χ0n) is 11.8. The molecule has 6 nitrogen and oxygen atoms in total. The summed E-state index contributed by atoms with van der Waals surface area (Å²) in [6, 6.07) is 6.89. The molecule has 110 valence electrons. The third-order valence-electron chi connectivity index (χ3n) is 3.17. The molecule has 0 aromatic heterocycles. The number of urea groups is 1. The Morgan fingerprint density at radius 1 is 1.29 bits per heavy atom. The number of aliphatic carboxylic acids is 1. The predicted octanol–water partition coefficient (Wildman–Crippen LogP) is 1.79. The summed E-state index contributed by atoms with van der Waals surface area (Å²) in [5.41, 5.74) is 2.02. The molecule has 3 amide bonds. The third kappa shape index (κ3) is 3.28. The van der Waals surface area contributed by atoms with Crippen molar-refractivity contribution in [3.63, 3.8) is 0 Å². The van der Waals surface area contributed by atoms with Crippen LogP contribution in [0.5, 0.6) is 0 Å². The number of imide groups is 1. The first-order chi connectivity index (χ1) is 9.88. The SMILES string of the molecule is CC(C)c1ccc(/C=C2/NC(=O)N(CC(=O)O)C2=O)cc1. The number of benzene rings is 1. The first-order valence-corrected chi connectivity index (χ1v) is 6.55. The molecule has 0 saturated carbocycles. The molecule has 6 heteroatoms. The second-order valence-electron chi connectivity index (χ2n) is 5.09. The van der Waals surface area contributed by atoms with E-state index >= 15 is 0 Å². The monoisotopic (exact) mass is 288 g/mol. The lowest BCUT2D eigenvalue weighted by molar-refractivity contribution is -0.140. The standard InChI is InChI=1S/C15H16N2O4/c1-9(2)11-5-3-10(4-6-11)7-12-14(20)17(8-13(18)19)15(21)16-12/h3-7,9H,8H2,1-2H3,(H,16,21)(H,18,19)/b12-7+. The zero-order valence-corrected chi connectivity index (χ0v) is 11.8. The zero-order chi connectivity index (χ0) is 15.6. The summed E-state index contributed by atoms with van der Waals surface area (Å²) in [7, 11) is 0. The summed E-state index contributed by atoms with van der Waals surface area (Å²) in [5.74, 6) is -1.46. The molecule has 0 bridgehead atoms. The van der Waals surface area contributed by atoms with Crippen LogP contribution in [-0.4, -0.2) is 34.5 Å². The molecule has 1 aliphatic rings. The summed E-state index contributed by atoms with van der Waals surface area (Å²) in [4.78, 5) is 34.8. The van der Waals surface area contributed by atoms with E-state index < -0.39 is 24.5 Å². The molecule has 1 aromatic carbocycles. The Morgan fingerprint density at radius 3 is 2.43 bits per heavy atom. The van der Waals surface area contributed by atoms with Gasteiger partial charge in [-0.1, -0.05) is 38.1 Å². The predicted molar refractivity (Wildman–Crippen MR) is 76.4 cm³/mol. The van der Waals surface area contributed by atoms with E-state index in [1.807, 2.05) is 24.3 Å². The number of carboxylic acids is 1. The van der Waals surface area contributed by atoms with Gasteiger partial charge in [-0.3, -0.25) is 9.59 Å². The van der Waals surface area contributed by atoms with Gasteiger partial charge in [0.15, 0.2) is 0 Å². The fourth-order valence-corrected chi connectivity index (χ4v) is 1.99. The van der Waals surface area contributed by atoms with Crippen molar-refractivity contribution in [2.75, 3.05) is 6.54 Å². The van der Waals surface area contributed by atoms with Gasteiger partial charge in [0.2, 0.25) is 0 Å². The van der Waals surface area contributed by atoms with Gasteiger partial charge in [-0.05, 0) is 23.1 Å². The van der Waals surface area contributed by atoms with Crippen molar-refractivity contribution in [3.05, 3.63) is 41.1 Å². The highest BCUT2D eigenvalue weighted by molar-refractivity contribution is 6.15. The van der Waals surface area contributed by atoms with E-state index in [1.54, 1.807) is 0 Å². The van der Waals surface area contributed by atoms with Gasteiger partial charge in [0.05, 0.1) is 0 Å². The van der Waals surface area contributed by atoms with Crippen molar-refractivity contribution in [3.8, 4) is 0 Å². The number of hydrogen-bond donors (Lipinski definition) is 2. The topological polar surface area (TPSA) is 86.7 Å². The molecule has 2 rings (SSSR count). The third-order valence-corrected chi connectivity index (χ3v) is 3.17. The van der Waals surface area contributed by atoms with E-state index in [-0.39, 0.29) is 5.70 Å². The van der Waals surface area contributed by atoms with Crippen LogP contribution in [0.15, 0.2) is 30.0 Å². The number of hydrogen-bond acceptors (Lipinski definition) is 3. The minimum Gasteiger partial charge on any atom is -0.480 e. The number of nitrogens with zero attached hydrogens (tertiary/aromatic N) is 1. The number of carbonyl (C=O) groups is 3. The average Bonchev–Trinajstić information content (AvgIpc) is 2.67. The molecule has 1 saturated heterocycles. The summed E-state index contributed by atoms with van der Waals surface area (Å²) < 4.78 is 0. The highest BCUT2D eigenvalue weighted by Crippen LogP contribution is 2.18. The van der Waals surface area contributed by atoms with E-state index in [4.69, 9.17) is 5.11 Å². The first kappa shape index (κ1) is 14.8. The molecule has 0 atom stereocenters. The van der Waals surface area contributed by atoms with E-state index in [2.05, 4.69) is 19.2 Å². The minimum absolute atomic E-state index is 0.0820. The molecule has 0 spiro atoms. The maximum absolute atomic E-state index is 11.9. The molecule has 1 aliphatic heterocycles. The summed E-state index contributed by atoms with van der Waals surface area (Å²) in [6.45, 7) is 3.52. The minimum atomic E-state index is -1.24. The van der Waals surface area contributed by atoms with E-state index in [1.165, 1.54) is 11.6 Å². The van der Waals surface area contributed by atoms with E-state index in [9.17, 15) is 14.4 Å². The fourth-order valence-electron chi connectivity index (χ4n) is 1.99. The smallest absolute Gasteiger partial charge is 0.329 e. The lowest BCUT2D eigenvalue weighted by Crippen LogP contribution is -2.35. The molecule has 1 aromatic rings. The van der Waals surface area contributed by atoms with Gasteiger partial charge in [-0.2, -0.15) is 0 Å². The molecule has 1 fully saturated rings. The molecule has 0 unspecified atom stereocenters. The lowest BCUT2D eigenvalue weighted by Gasteiger charge is -2.07. The van der Waals surface area contributed by atoms with Crippen molar-refractivity contribution in [2.24, 2.45) is 0 Å². The Morgan fingerprint density at radius 2 is 1.90 bits per heavy atom. The van der Waals surface area contributed by atoms with Crippen LogP contribution >= 0.6 is 0 Å². The van der Waals surface area contributed by atoms with Crippen molar-refractivity contribution in [1.82, 2.24) is 10.2 Å². The van der Waals surface area contributed by atoms with Crippen LogP contribution in [0.25, 0.3) is 6.08 Å². The van der Waals surface area contributed by atoms with Crippen molar-refractivity contribution in [1.29, 1.82) is 0 Å². The maximum atomic E-state index is 11.9. The first-order valence-electron chi connectivity index (χ1n) is 6.55. The van der Waals surface area contributed by atoms with Crippen LogP contribution in [-0.2, 0) is 9.59 Å². The normalized spacial score (nSPS) is 16.7. The molecule has 0 aliphatic carbocycles. The van der Waals surface area contributed by atoms with Crippen LogP contribution in [0.4, 0.5) is 4.79 Å². The highest BCUT2D eigenvalue weighted by Gasteiger charge is 2.34. The quantitative estimate of drug-likeness (QED) is 0.653. The number of carboxylic acid groups (broad SMARTS) is 1. The van der Waals surface area contributed by atoms with Crippen LogP contribution in [0, 0.1) is 0 Å². The van der Waals surface area contributed by atoms with Gasteiger partial charge in [0.1, 0.15) is 12.2 Å². The van der Waals surface area contributed by atoms with Crippen LogP contribution in [0.1, 0.15) is 30.9 Å². The Hall–Kier alpha value is -2.63. The summed E-state index contributed by atoms with van der Waals surface area (Å²) >= 11 is 0. The van der Waals surface area contributed by atoms with Crippen LogP contribution in [0.2, 0.25) is 0 Å². The van der Waals surface area contributed by atoms with Crippen molar-refractivity contribution < 1.29 is 19.5 Å². The Balaban J connectivity index is 2.20. The maximum Gasteiger partial charge on any atom is 0.329 e. The number of carbonyl (C=O) groups excluding carboxylic acids is 2. The Kier molecular flexibility index (Phi) is 4.07. The van der Waals surface area contributed by atoms with Crippen LogP contribution in [0.3, 0.4) is 0 Å². The van der Waals surface area contributed by atoms with Crippen molar-refractivity contribution >= 4 is 24.0 Å². The molecule has 21 heavy (non-hydrogen) atoms. The number of nitrogens with one attached hydrogen (secondary N) is 1. The second kappa shape index (κ2) is 5.78. The molecule has 1 heterocycles. The van der Waals surface area contributed by atoms with Gasteiger partial charge in [-0.25, -0.2) is 9.69 Å². The van der Waals surface area contributed by atoms with Gasteiger partial charge in [-0.15, -0.1) is 0 Å². The summed E-state index contributed by atoms with van der Waals surface area (Å²) in [5, 5.41) is 11.1. The van der Waals surface area contributed by atoms with Gasteiger partial charge in [0, 0.05) is 0 Å². The Bertz CT molecular complexity index is 617. The Labute approximate surface area is 122 Å².